The Bertz CT molecular complexity index is 1830. The van der Waals surface area contributed by atoms with E-state index in [9.17, 15) is 0 Å². The van der Waals surface area contributed by atoms with E-state index in [0.29, 0.717) is 0 Å². The van der Waals surface area contributed by atoms with Crippen LogP contribution in [0.3, 0.4) is 0 Å². The number of para-hydroxylation sites is 1. The summed E-state index contributed by atoms with van der Waals surface area (Å²) < 4.78 is 17.2. The second kappa shape index (κ2) is 7.29. The Labute approximate surface area is 200 Å². The Hall–Kier alpha value is -3.44. The zero-order valence-corrected chi connectivity index (χ0v) is 20.1. The summed E-state index contributed by atoms with van der Waals surface area (Å²) in [5.74, 6) is 0. The van der Waals surface area contributed by atoms with Gasteiger partial charge in [-0.1, -0.05) is 68.8 Å². The van der Waals surface area contributed by atoms with E-state index in [1.54, 1.807) is 0 Å². The normalized spacial score (nSPS) is 13.8. The van der Waals surface area contributed by atoms with Crippen LogP contribution < -0.4 is 0 Å². The van der Waals surface area contributed by atoms with E-state index in [2.05, 4.69) is 93.9 Å². The van der Waals surface area contributed by atoms with Gasteiger partial charge in [-0.2, -0.15) is 0 Å². The lowest BCUT2D eigenvalue weighted by Gasteiger charge is -2.09. The van der Waals surface area contributed by atoms with Crippen LogP contribution in [0.2, 0.25) is 0 Å². The first-order chi connectivity index (χ1) is 16.2. The molecule has 3 heterocycles. The highest BCUT2D eigenvalue weighted by atomic mass is 127. The van der Waals surface area contributed by atoms with Crippen LogP contribution in [0, 0.1) is 6.92 Å². The van der Waals surface area contributed by atoms with Gasteiger partial charge in [0.15, 0.2) is 0 Å². The molecule has 0 N–H and O–H groups in total. The van der Waals surface area contributed by atoms with Gasteiger partial charge in [0.05, 0.1) is 0 Å². The first-order valence-corrected chi connectivity index (χ1v) is 13.4. The third kappa shape index (κ3) is 3.03. The Morgan fingerprint density at radius 3 is 2.33 bits per heavy atom. The lowest BCUT2D eigenvalue weighted by atomic mass is 9.95. The summed E-state index contributed by atoms with van der Waals surface area (Å²) in [6.45, 7) is 2.12. The molecule has 0 amide bonds. The summed E-state index contributed by atoms with van der Waals surface area (Å²) in [7, 11) is 0. The van der Waals surface area contributed by atoms with Crippen molar-refractivity contribution in [2.24, 2.45) is 0 Å². The molecule has 158 valence electrons. The number of benzene rings is 4. The molecule has 0 aliphatic carbocycles. The minimum absolute atomic E-state index is 0.0349. The van der Waals surface area contributed by atoms with E-state index >= 15 is 0 Å². The molecule has 0 bridgehead atoms. The fraction of sp³-hybridized carbons (Fsp3) is 0.0333. The van der Waals surface area contributed by atoms with Gasteiger partial charge in [-0.25, -0.2) is 0 Å². The van der Waals surface area contributed by atoms with Crippen molar-refractivity contribution in [2.45, 2.75) is 6.92 Å². The zero-order valence-electron chi connectivity index (χ0n) is 17.9. The molecular weight excluding hydrogens is 519 g/mol. The minimum atomic E-state index is -0.0349. The molecule has 3 heteroatoms. The van der Waals surface area contributed by atoms with Crippen molar-refractivity contribution in [3.05, 3.63) is 100 Å². The minimum Gasteiger partial charge on any atom is -0.456 e. The molecule has 0 fully saturated rings. The van der Waals surface area contributed by atoms with Gasteiger partial charge in [-0.3, -0.25) is 0 Å². The topological polar surface area (TPSA) is 26.3 Å². The van der Waals surface area contributed by atoms with Gasteiger partial charge < -0.3 is 8.83 Å². The number of rotatable bonds is 2. The van der Waals surface area contributed by atoms with Gasteiger partial charge in [0.2, 0.25) is 0 Å². The number of allylic oxidation sites excluding steroid dienone is 3. The highest BCUT2D eigenvalue weighted by Gasteiger charge is 2.17. The van der Waals surface area contributed by atoms with E-state index in [4.69, 9.17) is 8.83 Å². The van der Waals surface area contributed by atoms with Crippen molar-refractivity contribution in [2.75, 3.05) is 0 Å². The van der Waals surface area contributed by atoms with Crippen LogP contribution in [0.15, 0.2) is 97.9 Å². The number of furan rings is 2. The summed E-state index contributed by atoms with van der Waals surface area (Å²) in [4.78, 5) is 0. The number of fused-ring (bicyclic) bond motifs is 6. The molecule has 1 aliphatic heterocycles. The van der Waals surface area contributed by atoms with Gasteiger partial charge in [0.1, 0.15) is 22.3 Å². The van der Waals surface area contributed by atoms with Gasteiger partial charge in [-0.15, -0.1) is 0 Å². The average Bonchev–Trinajstić information content (AvgIpc) is 3.41. The summed E-state index contributed by atoms with van der Waals surface area (Å²) >= 11 is -0.0349. The fourth-order valence-corrected chi connectivity index (χ4v) is 6.36. The monoisotopic (exact) mass is 538 g/mol. The van der Waals surface area contributed by atoms with Crippen molar-refractivity contribution in [1.29, 1.82) is 0 Å². The number of hydrogen-bond donors (Lipinski definition) is 0. The molecule has 7 rings (SSSR count). The first-order valence-electron chi connectivity index (χ1n) is 11.0. The van der Waals surface area contributed by atoms with E-state index in [0.717, 1.165) is 55.0 Å². The number of aryl methyl sites for hydroxylation is 1. The molecule has 4 aromatic carbocycles. The molecule has 0 radical (unpaired) electrons. The highest BCUT2D eigenvalue weighted by Crippen LogP contribution is 2.40. The van der Waals surface area contributed by atoms with E-state index in [1.165, 1.54) is 16.7 Å². The molecule has 1 aliphatic rings. The Balaban J connectivity index is 1.56. The second-order valence-electron chi connectivity index (χ2n) is 8.49. The zero-order chi connectivity index (χ0) is 21.9. The third-order valence-electron chi connectivity index (χ3n) is 6.35. The maximum Gasteiger partial charge on any atom is 0.143 e. The summed E-state index contributed by atoms with van der Waals surface area (Å²) in [5, 5.41) is 4.61. The third-order valence-corrected chi connectivity index (χ3v) is 8.21. The van der Waals surface area contributed by atoms with Gasteiger partial charge in [0, 0.05) is 27.1 Å². The van der Waals surface area contributed by atoms with Crippen LogP contribution in [0.5, 0.6) is 0 Å². The van der Waals surface area contributed by atoms with Crippen LogP contribution in [0.25, 0.3) is 60.6 Å². The Morgan fingerprint density at radius 1 is 0.667 bits per heavy atom. The predicted octanol–water partition coefficient (Wildman–Crippen LogP) is 9.14. The number of hydrogen-bond acceptors (Lipinski definition) is 2. The summed E-state index contributed by atoms with van der Waals surface area (Å²) in [6, 6.07) is 25.7. The molecule has 0 saturated heterocycles. The molecule has 0 spiro atoms. The SMILES string of the molecule is Cc1ccc2oc3ccc(-c4cc(C5=CC=CI=C5)cc5c4oc4ccccc45)cc3c2c1. The average molecular weight is 538 g/mol. The van der Waals surface area contributed by atoms with E-state index in [1.807, 2.05) is 6.07 Å². The molecule has 6 aromatic rings. The van der Waals surface area contributed by atoms with Crippen molar-refractivity contribution in [3.8, 4) is 11.1 Å². The summed E-state index contributed by atoms with van der Waals surface area (Å²) in [6.07, 6.45) is 4.40. The maximum absolute atomic E-state index is 6.42. The van der Waals surface area contributed by atoms with Crippen molar-refractivity contribution >= 4 is 74.2 Å². The van der Waals surface area contributed by atoms with Crippen LogP contribution in [0.1, 0.15) is 11.1 Å². The van der Waals surface area contributed by atoms with Gasteiger partial charge in [-0.05, 0) is 74.2 Å². The molecule has 2 aromatic heterocycles. The quantitative estimate of drug-likeness (QED) is 0.206. The van der Waals surface area contributed by atoms with Gasteiger partial charge >= 0.3 is 0 Å². The first kappa shape index (κ1) is 19.1. The van der Waals surface area contributed by atoms with Crippen LogP contribution >= 0.6 is 20.7 Å². The lowest BCUT2D eigenvalue weighted by Crippen LogP contribution is -1.89. The van der Waals surface area contributed by atoms with Crippen LogP contribution in [-0.2, 0) is 0 Å². The predicted molar refractivity (Wildman–Crippen MR) is 148 cm³/mol. The molecule has 33 heavy (non-hydrogen) atoms. The standard InChI is InChI=1S/C30H19IO2/c1-18-8-10-28-24(13-18)25-14-19(9-11-29(25)32-28)23-15-21(20-5-4-12-31-17-20)16-26-22-6-2-3-7-27(22)33-30(23)26/h2-17H,1H3. The largest absolute Gasteiger partial charge is 0.456 e. The van der Waals surface area contributed by atoms with Gasteiger partial charge in [0.25, 0.3) is 0 Å². The van der Waals surface area contributed by atoms with E-state index < -0.39 is 0 Å². The molecule has 2 nitrogen and oxygen atoms in total. The smallest absolute Gasteiger partial charge is 0.143 e. The Kier molecular flexibility index (Phi) is 4.21. The fourth-order valence-electron chi connectivity index (χ4n) is 4.75. The van der Waals surface area contributed by atoms with Crippen molar-refractivity contribution < 1.29 is 8.83 Å². The lowest BCUT2D eigenvalue weighted by molar-refractivity contribution is 0.668. The van der Waals surface area contributed by atoms with Crippen molar-refractivity contribution in [1.82, 2.24) is 0 Å². The summed E-state index contributed by atoms with van der Waals surface area (Å²) in [5.41, 5.74) is 9.71. The highest BCUT2D eigenvalue weighted by molar-refractivity contribution is 14.2. The maximum atomic E-state index is 6.42. The molecule has 0 atom stereocenters. The second-order valence-corrected chi connectivity index (χ2v) is 10.5. The molecule has 0 unspecified atom stereocenters. The van der Waals surface area contributed by atoms with Crippen LogP contribution in [0.4, 0.5) is 0 Å². The van der Waals surface area contributed by atoms with Crippen LogP contribution in [-0.4, -0.2) is 4.01 Å². The van der Waals surface area contributed by atoms with Crippen molar-refractivity contribution in [3.63, 3.8) is 0 Å². The number of halogens is 1. The molecular formula is C30H19IO2. The van der Waals surface area contributed by atoms with E-state index in [-0.39, 0.29) is 20.7 Å². The Morgan fingerprint density at radius 2 is 1.45 bits per heavy atom. The molecule has 0 saturated carbocycles.